The van der Waals surface area contributed by atoms with Crippen LogP contribution in [-0.4, -0.2) is 32.5 Å². The van der Waals surface area contributed by atoms with Crippen molar-refractivity contribution in [3.05, 3.63) is 41.5 Å². The van der Waals surface area contributed by atoms with Crippen LogP contribution < -0.4 is 9.47 Å². The van der Waals surface area contributed by atoms with E-state index in [4.69, 9.17) is 9.47 Å². The van der Waals surface area contributed by atoms with Gasteiger partial charge in [0.05, 0.1) is 0 Å². The van der Waals surface area contributed by atoms with Crippen LogP contribution in [0.4, 0.5) is 0 Å². The zero-order valence-corrected chi connectivity index (χ0v) is 11.0. The monoisotopic (exact) mass is 302 g/mol. The van der Waals surface area contributed by atoms with E-state index in [0.717, 1.165) is 12.1 Å². The first-order valence-corrected chi connectivity index (χ1v) is 6.41. The number of aromatic hydroxyl groups is 3. The predicted octanol–water partition coefficient (Wildman–Crippen LogP) is 0.985. The molecule has 0 aliphatic carbocycles. The van der Waals surface area contributed by atoms with Gasteiger partial charge in [0.1, 0.15) is 34.3 Å². The van der Waals surface area contributed by atoms with Gasteiger partial charge in [-0.25, -0.2) is 0 Å². The van der Waals surface area contributed by atoms with E-state index in [2.05, 4.69) is 0 Å². The highest BCUT2D eigenvalue weighted by atomic mass is 16.7. The smallest absolute Gasteiger partial charge is 0.281 e. The number of rotatable bonds is 0. The third-order valence-corrected chi connectivity index (χ3v) is 3.82. The second-order valence-electron chi connectivity index (χ2n) is 5.18. The highest BCUT2D eigenvalue weighted by Crippen LogP contribution is 2.51. The molecule has 2 aromatic carbocycles. The lowest BCUT2D eigenvalue weighted by Gasteiger charge is -2.33. The van der Waals surface area contributed by atoms with Crippen LogP contribution in [-0.2, 0) is 5.60 Å². The quantitative estimate of drug-likeness (QED) is 0.573. The summed E-state index contributed by atoms with van der Waals surface area (Å²) in [6.07, 6.45) is -1.37. The molecule has 0 saturated carbocycles. The lowest BCUT2D eigenvalue weighted by atomic mass is 9.84. The van der Waals surface area contributed by atoms with Gasteiger partial charge in [-0.1, -0.05) is 0 Å². The molecule has 2 aromatic rings. The number of carbonyl (C=O) groups is 1. The summed E-state index contributed by atoms with van der Waals surface area (Å²) in [6, 6.07) is 6.05. The number of carbonyl (C=O) groups excluding carboxylic acids is 1. The van der Waals surface area contributed by atoms with Crippen LogP contribution in [0.3, 0.4) is 0 Å². The fourth-order valence-corrected chi connectivity index (χ4v) is 2.80. The van der Waals surface area contributed by atoms with Gasteiger partial charge in [-0.15, -0.1) is 0 Å². The first-order valence-electron chi connectivity index (χ1n) is 6.41. The number of hydrogen-bond donors (Lipinski definition) is 4. The third-order valence-electron chi connectivity index (χ3n) is 3.82. The summed E-state index contributed by atoms with van der Waals surface area (Å²) < 4.78 is 10.8. The van der Waals surface area contributed by atoms with E-state index in [1.165, 1.54) is 18.2 Å². The SMILES string of the molecule is O=C1c2c(O)cc(O)cc2OC2Oc3cc(O)ccc3C12O. The van der Waals surface area contributed by atoms with Crippen LogP contribution in [0.1, 0.15) is 15.9 Å². The van der Waals surface area contributed by atoms with Gasteiger partial charge in [-0.2, -0.15) is 0 Å². The largest absolute Gasteiger partial charge is 0.508 e. The molecule has 0 amide bonds. The van der Waals surface area contributed by atoms with Crippen LogP contribution in [0.5, 0.6) is 28.7 Å². The van der Waals surface area contributed by atoms with Crippen molar-refractivity contribution in [3.8, 4) is 28.7 Å². The van der Waals surface area contributed by atoms with Gasteiger partial charge >= 0.3 is 0 Å². The van der Waals surface area contributed by atoms with Crippen molar-refractivity contribution in [2.45, 2.75) is 11.9 Å². The highest BCUT2D eigenvalue weighted by molar-refractivity contribution is 6.09. The number of fused-ring (bicyclic) bond motifs is 4. The number of phenols is 3. The zero-order chi connectivity index (χ0) is 15.6. The van der Waals surface area contributed by atoms with E-state index in [1.807, 2.05) is 0 Å². The molecule has 2 heterocycles. The molecule has 7 heteroatoms. The maximum atomic E-state index is 12.7. The normalized spacial score (nSPS) is 24.8. The van der Waals surface area contributed by atoms with Gasteiger partial charge in [0.15, 0.2) is 0 Å². The molecular weight excluding hydrogens is 292 g/mol. The number of benzene rings is 2. The molecule has 0 fully saturated rings. The first kappa shape index (κ1) is 12.8. The van der Waals surface area contributed by atoms with Crippen LogP contribution in [0.2, 0.25) is 0 Å². The van der Waals surface area contributed by atoms with Crippen molar-refractivity contribution in [1.29, 1.82) is 0 Å². The molecular formula is C15H10O7. The lowest BCUT2D eigenvalue weighted by Crippen LogP contribution is -2.51. The maximum Gasteiger partial charge on any atom is 0.281 e. The molecule has 22 heavy (non-hydrogen) atoms. The van der Waals surface area contributed by atoms with Crippen molar-refractivity contribution < 1.29 is 34.7 Å². The minimum atomic E-state index is -2.13. The highest BCUT2D eigenvalue weighted by Gasteiger charge is 2.59. The molecule has 2 atom stereocenters. The van der Waals surface area contributed by atoms with E-state index >= 15 is 0 Å². The average molecular weight is 302 g/mol. The molecule has 0 saturated heterocycles. The second-order valence-corrected chi connectivity index (χ2v) is 5.18. The van der Waals surface area contributed by atoms with E-state index in [0.29, 0.717) is 0 Å². The summed E-state index contributed by atoms with van der Waals surface area (Å²) in [5, 5.41) is 39.6. The number of phenolic OH excluding ortho intramolecular Hbond substituents is 3. The van der Waals surface area contributed by atoms with Crippen molar-refractivity contribution in [2.24, 2.45) is 0 Å². The molecule has 0 radical (unpaired) electrons. The number of ether oxygens (including phenoxy) is 2. The molecule has 4 N–H and O–H groups in total. The summed E-state index contributed by atoms with van der Waals surface area (Å²) in [7, 11) is 0. The van der Waals surface area contributed by atoms with E-state index in [-0.39, 0.29) is 34.1 Å². The van der Waals surface area contributed by atoms with Crippen LogP contribution in [0.15, 0.2) is 30.3 Å². The Kier molecular flexibility index (Phi) is 2.23. The Morgan fingerprint density at radius 2 is 1.64 bits per heavy atom. The van der Waals surface area contributed by atoms with Crippen molar-refractivity contribution in [2.75, 3.05) is 0 Å². The van der Waals surface area contributed by atoms with E-state index < -0.39 is 23.4 Å². The first-order chi connectivity index (χ1) is 10.4. The maximum absolute atomic E-state index is 12.7. The molecule has 0 spiro atoms. The Balaban J connectivity index is 1.94. The van der Waals surface area contributed by atoms with Crippen LogP contribution in [0.25, 0.3) is 0 Å². The molecule has 112 valence electrons. The van der Waals surface area contributed by atoms with Crippen LogP contribution >= 0.6 is 0 Å². The minimum absolute atomic E-state index is 0.0887. The molecule has 2 unspecified atom stereocenters. The van der Waals surface area contributed by atoms with E-state index in [1.54, 1.807) is 0 Å². The van der Waals surface area contributed by atoms with Gasteiger partial charge in [0.2, 0.25) is 11.4 Å². The van der Waals surface area contributed by atoms with Crippen molar-refractivity contribution in [1.82, 2.24) is 0 Å². The number of ketones is 1. The Labute approximate surface area is 123 Å². The van der Waals surface area contributed by atoms with Gasteiger partial charge in [0, 0.05) is 23.8 Å². The summed E-state index contributed by atoms with van der Waals surface area (Å²) >= 11 is 0. The summed E-state index contributed by atoms with van der Waals surface area (Å²) in [4.78, 5) is 12.7. The standard InChI is InChI=1S/C15H10O7/c16-6-1-2-8-10(4-6)21-14-15(8,20)13(19)12-9(18)3-7(17)5-11(12)22-14/h1-5,14,16-18,20H. The Morgan fingerprint density at radius 1 is 0.955 bits per heavy atom. The molecule has 0 bridgehead atoms. The van der Waals surface area contributed by atoms with Gasteiger partial charge in [0.25, 0.3) is 6.29 Å². The fourth-order valence-electron chi connectivity index (χ4n) is 2.80. The summed E-state index contributed by atoms with van der Waals surface area (Å²) in [5.74, 6) is -1.67. The van der Waals surface area contributed by atoms with Gasteiger partial charge in [-0.05, 0) is 12.1 Å². The Hall–Kier alpha value is -2.93. The third kappa shape index (κ3) is 1.40. The molecule has 0 aromatic heterocycles. The molecule has 4 rings (SSSR count). The molecule has 2 aliphatic rings. The minimum Gasteiger partial charge on any atom is -0.508 e. The fraction of sp³-hybridized carbons (Fsp3) is 0.133. The number of hydrogen-bond acceptors (Lipinski definition) is 7. The van der Waals surface area contributed by atoms with Crippen LogP contribution in [0, 0.1) is 0 Å². The zero-order valence-electron chi connectivity index (χ0n) is 11.0. The topological polar surface area (TPSA) is 116 Å². The number of aliphatic hydroxyl groups is 1. The van der Waals surface area contributed by atoms with Gasteiger partial charge in [-0.3, -0.25) is 4.79 Å². The van der Waals surface area contributed by atoms with Crippen molar-refractivity contribution in [3.63, 3.8) is 0 Å². The average Bonchev–Trinajstić information content (AvgIpc) is 2.71. The lowest BCUT2D eigenvalue weighted by molar-refractivity contribution is -0.118. The molecule has 2 aliphatic heterocycles. The van der Waals surface area contributed by atoms with E-state index in [9.17, 15) is 25.2 Å². The molecule has 7 nitrogen and oxygen atoms in total. The Bertz CT molecular complexity index is 829. The second kappa shape index (κ2) is 3.83. The number of Topliss-reactive ketones (excluding diaryl/α,β-unsaturated/α-hetero) is 1. The van der Waals surface area contributed by atoms with Crippen molar-refractivity contribution >= 4 is 5.78 Å². The summed E-state index contributed by atoms with van der Waals surface area (Å²) in [6.45, 7) is 0. The Morgan fingerprint density at radius 3 is 2.41 bits per heavy atom. The summed E-state index contributed by atoms with van der Waals surface area (Å²) in [5.41, 5.74) is -2.23. The van der Waals surface area contributed by atoms with Gasteiger partial charge < -0.3 is 29.9 Å². The predicted molar refractivity (Wildman–Crippen MR) is 71.1 cm³/mol.